The largest absolute Gasteiger partial charge is 0.389 e. The normalized spacial score (nSPS) is 20.5. The Bertz CT molecular complexity index is 138. The van der Waals surface area contributed by atoms with E-state index in [1.807, 2.05) is 6.42 Å². The van der Waals surface area contributed by atoms with Crippen molar-refractivity contribution in [3.8, 4) is 0 Å². The lowest BCUT2D eigenvalue weighted by atomic mass is 9.92. The van der Waals surface area contributed by atoms with E-state index in [1.165, 1.54) is 0 Å². The van der Waals surface area contributed by atoms with Crippen molar-refractivity contribution in [1.82, 2.24) is 5.32 Å². The summed E-state index contributed by atoms with van der Waals surface area (Å²) in [6.07, 6.45) is -0.696. The molecule has 0 aliphatic carbocycles. The third-order valence-corrected chi connectivity index (χ3v) is 2.31. The first-order chi connectivity index (χ1) is 6.08. The van der Waals surface area contributed by atoms with Crippen molar-refractivity contribution in [3.63, 3.8) is 0 Å². The SMILES string of the molecule is FC(F)(F)CC[CH]C1CCNCC1. The van der Waals surface area contributed by atoms with E-state index in [-0.39, 0.29) is 6.42 Å². The third kappa shape index (κ3) is 5.13. The molecule has 0 aromatic carbocycles. The Hall–Kier alpha value is -0.250. The molecule has 0 bridgehead atoms. The molecule has 0 saturated carbocycles. The summed E-state index contributed by atoms with van der Waals surface area (Å²) < 4.78 is 35.3. The van der Waals surface area contributed by atoms with Gasteiger partial charge in [-0.1, -0.05) is 0 Å². The van der Waals surface area contributed by atoms with Crippen molar-refractivity contribution < 1.29 is 13.2 Å². The van der Waals surface area contributed by atoms with E-state index in [1.54, 1.807) is 0 Å². The Morgan fingerprint density at radius 1 is 1.23 bits per heavy atom. The highest BCUT2D eigenvalue weighted by atomic mass is 19.4. The van der Waals surface area contributed by atoms with Gasteiger partial charge >= 0.3 is 6.18 Å². The van der Waals surface area contributed by atoms with Gasteiger partial charge in [-0.2, -0.15) is 13.2 Å². The quantitative estimate of drug-likeness (QED) is 0.728. The van der Waals surface area contributed by atoms with Crippen LogP contribution < -0.4 is 5.32 Å². The molecule has 1 aliphatic heterocycles. The number of piperidine rings is 1. The third-order valence-electron chi connectivity index (χ3n) is 2.31. The summed E-state index contributed by atoms with van der Waals surface area (Å²) in [6.45, 7) is 1.88. The molecule has 0 amide bonds. The number of nitrogens with one attached hydrogen (secondary N) is 1. The Labute approximate surface area is 76.7 Å². The van der Waals surface area contributed by atoms with Crippen LogP contribution in [-0.2, 0) is 0 Å². The molecule has 1 saturated heterocycles. The first-order valence-corrected chi connectivity index (χ1v) is 4.69. The molecule has 4 heteroatoms. The van der Waals surface area contributed by atoms with E-state index < -0.39 is 12.6 Å². The van der Waals surface area contributed by atoms with Crippen LogP contribution in [0.1, 0.15) is 25.7 Å². The van der Waals surface area contributed by atoms with Crippen molar-refractivity contribution in [2.75, 3.05) is 13.1 Å². The lowest BCUT2D eigenvalue weighted by Crippen LogP contribution is -2.28. The van der Waals surface area contributed by atoms with Crippen LogP contribution >= 0.6 is 0 Å². The summed E-state index contributed by atoms with van der Waals surface area (Å²) in [7, 11) is 0. The average molecular weight is 194 g/mol. The predicted octanol–water partition coefficient (Wildman–Crippen LogP) is 2.53. The monoisotopic (exact) mass is 194 g/mol. The highest BCUT2D eigenvalue weighted by Gasteiger charge is 2.26. The maximum atomic E-state index is 11.8. The zero-order chi connectivity index (χ0) is 9.73. The summed E-state index contributed by atoms with van der Waals surface area (Å²) in [6, 6.07) is 0. The van der Waals surface area contributed by atoms with Crippen LogP contribution in [0.2, 0.25) is 0 Å². The molecule has 0 aromatic heterocycles. The first-order valence-electron chi connectivity index (χ1n) is 4.69. The van der Waals surface area contributed by atoms with E-state index in [4.69, 9.17) is 0 Å². The minimum atomic E-state index is -4.00. The average Bonchev–Trinajstić information content (AvgIpc) is 2.04. The molecule has 1 rings (SSSR count). The summed E-state index contributed by atoms with van der Waals surface area (Å²) in [5, 5.41) is 3.18. The second-order valence-corrected chi connectivity index (χ2v) is 3.48. The van der Waals surface area contributed by atoms with Gasteiger partial charge in [-0.15, -0.1) is 0 Å². The molecule has 1 aliphatic rings. The molecule has 1 fully saturated rings. The standard InChI is InChI=1S/C9H15F3N/c10-9(11,12)5-1-2-8-3-6-13-7-4-8/h2,8,13H,1,3-7H2. The van der Waals surface area contributed by atoms with Crippen LogP contribution in [0, 0.1) is 12.3 Å². The fourth-order valence-corrected chi connectivity index (χ4v) is 1.56. The van der Waals surface area contributed by atoms with E-state index in [0.717, 1.165) is 25.9 Å². The maximum Gasteiger partial charge on any atom is 0.389 e. The summed E-state index contributed by atoms with van der Waals surface area (Å²) in [4.78, 5) is 0. The molecule has 1 heterocycles. The van der Waals surface area contributed by atoms with Gasteiger partial charge in [0.25, 0.3) is 0 Å². The van der Waals surface area contributed by atoms with E-state index >= 15 is 0 Å². The summed E-state index contributed by atoms with van der Waals surface area (Å²) >= 11 is 0. The molecule has 1 N–H and O–H groups in total. The van der Waals surface area contributed by atoms with Gasteiger partial charge in [-0.3, -0.25) is 0 Å². The van der Waals surface area contributed by atoms with Crippen molar-refractivity contribution in [2.24, 2.45) is 5.92 Å². The van der Waals surface area contributed by atoms with Gasteiger partial charge in [0.15, 0.2) is 0 Å². The summed E-state index contributed by atoms with van der Waals surface area (Å²) in [5.41, 5.74) is 0. The fraction of sp³-hybridized carbons (Fsp3) is 0.889. The molecular formula is C9H15F3N. The van der Waals surface area contributed by atoms with E-state index in [9.17, 15) is 13.2 Å². The second kappa shape index (κ2) is 4.84. The van der Waals surface area contributed by atoms with Gasteiger partial charge in [0.1, 0.15) is 0 Å². The maximum absolute atomic E-state index is 11.8. The number of alkyl halides is 3. The van der Waals surface area contributed by atoms with Gasteiger partial charge < -0.3 is 5.32 Å². The molecule has 1 nitrogen and oxygen atoms in total. The minimum Gasteiger partial charge on any atom is -0.317 e. The van der Waals surface area contributed by atoms with Gasteiger partial charge in [0.05, 0.1) is 0 Å². The number of hydrogen-bond donors (Lipinski definition) is 1. The molecule has 1 radical (unpaired) electrons. The Morgan fingerprint density at radius 3 is 2.38 bits per heavy atom. The molecule has 0 unspecified atom stereocenters. The lowest BCUT2D eigenvalue weighted by Gasteiger charge is -2.22. The Kier molecular flexibility index (Phi) is 4.03. The van der Waals surface area contributed by atoms with E-state index in [0.29, 0.717) is 5.92 Å². The molecule has 0 atom stereocenters. The first kappa shape index (κ1) is 10.8. The smallest absolute Gasteiger partial charge is 0.317 e. The molecular weight excluding hydrogens is 179 g/mol. The van der Waals surface area contributed by atoms with Crippen LogP contribution in [0.25, 0.3) is 0 Å². The highest BCUT2D eigenvalue weighted by molar-refractivity contribution is 4.81. The zero-order valence-corrected chi connectivity index (χ0v) is 7.53. The number of rotatable bonds is 3. The van der Waals surface area contributed by atoms with Gasteiger partial charge in [-0.05, 0) is 44.7 Å². The van der Waals surface area contributed by atoms with Crippen LogP contribution in [0.5, 0.6) is 0 Å². The summed E-state index contributed by atoms with van der Waals surface area (Å²) in [5.74, 6) is 0.392. The minimum absolute atomic E-state index is 0.175. The molecule has 0 aromatic rings. The highest BCUT2D eigenvalue weighted by Crippen LogP contribution is 2.25. The van der Waals surface area contributed by atoms with Crippen LogP contribution in [0.4, 0.5) is 13.2 Å². The van der Waals surface area contributed by atoms with Crippen LogP contribution in [0.3, 0.4) is 0 Å². The van der Waals surface area contributed by atoms with Gasteiger partial charge in [-0.25, -0.2) is 0 Å². The number of hydrogen-bond acceptors (Lipinski definition) is 1. The Balaban J connectivity index is 2.04. The van der Waals surface area contributed by atoms with Crippen LogP contribution in [-0.4, -0.2) is 19.3 Å². The Morgan fingerprint density at radius 2 is 1.85 bits per heavy atom. The predicted molar refractivity (Wildman–Crippen MR) is 45.2 cm³/mol. The van der Waals surface area contributed by atoms with Crippen molar-refractivity contribution in [1.29, 1.82) is 0 Å². The fourth-order valence-electron chi connectivity index (χ4n) is 1.56. The number of halogens is 3. The van der Waals surface area contributed by atoms with Gasteiger partial charge in [0.2, 0.25) is 0 Å². The molecule has 13 heavy (non-hydrogen) atoms. The van der Waals surface area contributed by atoms with Crippen molar-refractivity contribution in [2.45, 2.75) is 31.9 Å². The zero-order valence-electron chi connectivity index (χ0n) is 7.53. The van der Waals surface area contributed by atoms with Gasteiger partial charge in [0, 0.05) is 6.42 Å². The van der Waals surface area contributed by atoms with Crippen molar-refractivity contribution >= 4 is 0 Å². The van der Waals surface area contributed by atoms with E-state index in [2.05, 4.69) is 5.32 Å². The van der Waals surface area contributed by atoms with Crippen molar-refractivity contribution in [3.05, 3.63) is 6.42 Å². The lowest BCUT2D eigenvalue weighted by molar-refractivity contribution is -0.134. The van der Waals surface area contributed by atoms with Crippen LogP contribution in [0.15, 0.2) is 0 Å². The topological polar surface area (TPSA) is 12.0 Å². The second-order valence-electron chi connectivity index (χ2n) is 3.48. The molecule has 0 spiro atoms. The molecule has 77 valence electrons.